The molecule has 0 spiro atoms. The number of rotatable bonds is 5. The Bertz CT molecular complexity index is 896. The molecule has 4 saturated carbocycles. The predicted molar refractivity (Wildman–Crippen MR) is 132 cm³/mol. The summed E-state index contributed by atoms with van der Waals surface area (Å²) >= 11 is 0. The molecule has 4 aliphatic rings. The van der Waals surface area contributed by atoms with Crippen LogP contribution in [0.2, 0.25) is 0 Å². The Labute approximate surface area is 200 Å². The second-order valence-electron chi connectivity index (χ2n) is 12.2. The summed E-state index contributed by atoms with van der Waals surface area (Å²) in [5.74, 6) is 4.77. The van der Waals surface area contributed by atoms with Gasteiger partial charge in [0.1, 0.15) is 0 Å². The summed E-state index contributed by atoms with van der Waals surface area (Å²) in [6.45, 7) is 5.45. The van der Waals surface area contributed by atoms with Crippen LogP contribution in [0, 0.1) is 52.3 Å². The summed E-state index contributed by atoms with van der Waals surface area (Å²) in [4.78, 5) is 0. The fourth-order valence-electron chi connectivity index (χ4n) is 9.27. The summed E-state index contributed by atoms with van der Waals surface area (Å²) in [6, 6.07) is 10.6. The van der Waals surface area contributed by atoms with Crippen LogP contribution in [-0.4, -0.2) is 30.5 Å². The quantitative estimate of drug-likeness (QED) is 0.577. The maximum Gasteiger partial charge on any atom is 0.0992 e. The molecule has 0 saturated heterocycles. The average Bonchev–Trinajstić information content (AvgIpc) is 3.16. The highest BCUT2D eigenvalue weighted by atomic mass is 16.5. The fraction of sp³-hybridized carbons (Fsp3) is 0.759. The molecule has 9 atom stereocenters. The van der Waals surface area contributed by atoms with Gasteiger partial charge in [-0.1, -0.05) is 13.0 Å². The second-order valence-corrected chi connectivity index (χ2v) is 12.2. The minimum atomic E-state index is -0.589. The summed E-state index contributed by atoms with van der Waals surface area (Å²) < 4.78 is 5.36. The van der Waals surface area contributed by atoms with E-state index in [4.69, 9.17) is 4.74 Å². The second kappa shape index (κ2) is 8.90. The molecule has 0 heterocycles. The van der Waals surface area contributed by atoms with Crippen molar-refractivity contribution in [2.75, 3.05) is 19.0 Å². The molecule has 33 heavy (non-hydrogen) atoms. The molecule has 1 aromatic carbocycles. The normalized spacial score (nSPS) is 43.0. The highest BCUT2D eigenvalue weighted by molar-refractivity contribution is 5.49. The van der Waals surface area contributed by atoms with Crippen molar-refractivity contribution in [2.45, 2.75) is 83.3 Å². The molecule has 180 valence electrons. The first-order chi connectivity index (χ1) is 15.9. The Kier molecular flexibility index (Phi) is 6.25. The zero-order chi connectivity index (χ0) is 23.2. The van der Waals surface area contributed by atoms with E-state index >= 15 is 0 Å². The van der Waals surface area contributed by atoms with E-state index in [1.807, 2.05) is 18.2 Å². The molecule has 4 aliphatic carbocycles. The number of aliphatic hydroxyl groups is 1. The molecular formula is C29H42N2O2. The molecule has 0 unspecified atom stereocenters. The van der Waals surface area contributed by atoms with E-state index in [9.17, 15) is 10.4 Å². The van der Waals surface area contributed by atoms with Gasteiger partial charge in [-0.05, 0) is 124 Å². The van der Waals surface area contributed by atoms with Gasteiger partial charge in [0.2, 0.25) is 0 Å². The lowest BCUT2D eigenvalue weighted by Gasteiger charge is -2.57. The smallest absolute Gasteiger partial charge is 0.0992 e. The lowest BCUT2D eigenvalue weighted by molar-refractivity contribution is -0.124. The summed E-state index contributed by atoms with van der Waals surface area (Å²) in [7, 11) is 1.72. The number of anilines is 1. The highest BCUT2D eigenvalue weighted by Crippen LogP contribution is 2.65. The molecule has 0 radical (unpaired) electrons. The molecule has 0 aliphatic heterocycles. The molecule has 0 amide bonds. The van der Waals surface area contributed by atoms with Crippen molar-refractivity contribution in [3.8, 4) is 6.07 Å². The summed E-state index contributed by atoms with van der Waals surface area (Å²) in [6.07, 6.45) is 11.1. The Morgan fingerprint density at radius 3 is 2.73 bits per heavy atom. The van der Waals surface area contributed by atoms with Gasteiger partial charge >= 0.3 is 0 Å². The number of hydrogen-bond donors (Lipinski definition) is 2. The standard InChI is InChI=1S/C29H42N2O2/c1-19(31-22-6-4-5-20(15-22)17-30)26-9-10-27-25-8-7-21-16-29(32,18-33-3)14-12-23(21)24(25)11-13-28(26,27)2/h4-6,15,19,21,23-27,31-32H,7-14,16,18H2,1-3H3/t19-,21-,23+,24-,25-,26-,27+,28-,29-/m1/s1. The molecule has 2 N–H and O–H groups in total. The number of nitriles is 1. The molecule has 0 bridgehead atoms. The van der Waals surface area contributed by atoms with E-state index in [1.54, 1.807) is 7.11 Å². The van der Waals surface area contributed by atoms with Gasteiger partial charge in [-0.25, -0.2) is 0 Å². The van der Waals surface area contributed by atoms with Crippen molar-refractivity contribution in [2.24, 2.45) is 40.9 Å². The Hall–Kier alpha value is -1.57. The Morgan fingerprint density at radius 2 is 1.94 bits per heavy atom. The SMILES string of the molecule is COC[C@@]1(O)CC[C@H]2[C@H](CC[C@@H]3[C@@H]2CC[C@]2(C)[C@@H]([C@@H](C)Nc4cccc(C#N)c4)CC[C@@H]32)C1. The van der Waals surface area contributed by atoms with Crippen molar-refractivity contribution in [1.82, 2.24) is 0 Å². The zero-order valence-corrected chi connectivity index (χ0v) is 20.7. The molecular weight excluding hydrogens is 408 g/mol. The third-order valence-corrected chi connectivity index (χ3v) is 10.6. The van der Waals surface area contributed by atoms with E-state index in [0.29, 0.717) is 29.9 Å². The average molecular weight is 451 g/mol. The van der Waals surface area contributed by atoms with Crippen LogP contribution in [0.1, 0.15) is 77.2 Å². The van der Waals surface area contributed by atoms with Crippen LogP contribution in [0.3, 0.4) is 0 Å². The Balaban J connectivity index is 1.28. The number of nitrogens with zero attached hydrogens (tertiary/aromatic N) is 1. The van der Waals surface area contributed by atoms with Gasteiger partial charge in [0, 0.05) is 18.8 Å². The fourth-order valence-corrected chi connectivity index (χ4v) is 9.27. The van der Waals surface area contributed by atoms with Crippen molar-refractivity contribution in [1.29, 1.82) is 5.26 Å². The van der Waals surface area contributed by atoms with Crippen LogP contribution in [0.15, 0.2) is 24.3 Å². The van der Waals surface area contributed by atoms with Crippen molar-refractivity contribution < 1.29 is 9.84 Å². The highest BCUT2D eigenvalue weighted by Gasteiger charge is 2.58. The van der Waals surface area contributed by atoms with E-state index < -0.39 is 5.60 Å². The maximum atomic E-state index is 11.0. The van der Waals surface area contributed by atoms with Gasteiger partial charge in [-0.15, -0.1) is 0 Å². The van der Waals surface area contributed by atoms with E-state index in [2.05, 4.69) is 31.3 Å². The van der Waals surface area contributed by atoms with Crippen LogP contribution < -0.4 is 5.32 Å². The van der Waals surface area contributed by atoms with Crippen LogP contribution in [-0.2, 0) is 4.74 Å². The topological polar surface area (TPSA) is 65.3 Å². The number of benzene rings is 1. The van der Waals surface area contributed by atoms with Gasteiger partial charge in [-0.2, -0.15) is 5.26 Å². The molecule has 0 aromatic heterocycles. The zero-order valence-electron chi connectivity index (χ0n) is 20.7. The maximum absolute atomic E-state index is 11.0. The van der Waals surface area contributed by atoms with E-state index in [-0.39, 0.29) is 0 Å². The predicted octanol–water partition coefficient (Wildman–Crippen LogP) is 6.00. The molecule has 1 aromatic rings. The lowest BCUT2D eigenvalue weighted by Crippen LogP contribution is -2.52. The number of hydrogen-bond acceptors (Lipinski definition) is 4. The van der Waals surface area contributed by atoms with Gasteiger partial charge in [-0.3, -0.25) is 0 Å². The van der Waals surface area contributed by atoms with Gasteiger partial charge < -0.3 is 15.2 Å². The largest absolute Gasteiger partial charge is 0.387 e. The first kappa shape index (κ1) is 23.2. The minimum absolute atomic E-state index is 0.415. The van der Waals surface area contributed by atoms with Crippen molar-refractivity contribution >= 4 is 5.69 Å². The van der Waals surface area contributed by atoms with Gasteiger partial charge in [0.05, 0.1) is 23.8 Å². The summed E-state index contributed by atoms with van der Waals surface area (Å²) in [5.41, 5.74) is 1.63. The lowest BCUT2D eigenvalue weighted by atomic mass is 9.48. The van der Waals surface area contributed by atoms with E-state index in [1.165, 1.54) is 44.9 Å². The molecule has 4 nitrogen and oxygen atoms in total. The van der Waals surface area contributed by atoms with Crippen molar-refractivity contribution in [3.63, 3.8) is 0 Å². The Morgan fingerprint density at radius 1 is 1.12 bits per heavy atom. The monoisotopic (exact) mass is 450 g/mol. The number of methoxy groups -OCH3 is 1. The van der Waals surface area contributed by atoms with Crippen LogP contribution in [0.5, 0.6) is 0 Å². The number of fused-ring (bicyclic) bond motifs is 5. The number of ether oxygens (including phenoxy) is 1. The van der Waals surface area contributed by atoms with E-state index in [0.717, 1.165) is 47.8 Å². The third kappa shape index (κ3) is 4.10. The molecule has 5 rings (SSSR count). The first-order valence-corrected chi connectivity index (χ1v) is 13.3. The first-order valence-electron chi connectivity index (χ1n) is 13.3. The van der Waals surface area contributed by atoms with Gasteiger partial charge in [0.15, 0.2) is 0 Å². The molecule has 4 fully saturated rings. The van der Waals surface area contributed by atoms with Crippen molar-refractivity contribution in [3.05, 3.63) is 29.8 Å². The van der Waals surface area contributed by atoms with Crippen LogP contribution in [0.25, 0.3) is 0 Å². The number of nitrogens with one attached hydrogen (secondary N) is 1. The van der Waals surface area contributed by atoms with Crippen LogP contribution in [0.4, 0.5) is 5.69 Å². The minimum Gasteiger partial charge on any atom is -0.387 e. The third-order valence-electron chi connectivity index (χ3n) is 10.6. The van der Waals surface area contributed by atoms with Crippen LogP contribution >= 0.6 is 0 Å². The summed E-state index contributed by atoms with van der Waals surface area (Å²) in [5, 5.41) is 24.0. The van der Waals surface area contributed by atoms with Gasteiger partial charge in [0.25, 0.3) is 0 Å². The molecule has 4 heteroatoms.